The summed E-state index contributed by atoms with van der Waals surface area (Å²) in [6.07, 6.45) is -1.92. The van der Waals surface area contributed by atoms with Crippen molar-refractivity contribution in [3.63, 3.8) is 0 Å². The zero-order valence-electron chi connectivity index (χ0n) is 8.31. The van der Waals surface area contributed by atoms with Gasteiger partial charge in [-0.15, -0.1) is 0 Å². The SMILES string of the molecule is CC1(C)O[C@H]2OC3C(C(=O)Cl)OC3[C@H]2O1. The average Bonchev–Trinajstić information content (AvgIpc) is 2.44. The predicted octanol–water partition coefficient (Wildman–Crippen LogP) is 0.396. The van der Waals surface area contributed by atoms with Crippen LogP contribution < -0.4 is 0 Å². The fourth-order valence-corrected chi connectivity index (χ4v) is 2.42. The van der Waals surface area contributed by atoms with E-state index >= 15 is 0 Å². The van der Waals surface area contributed by atoms with E-state index in [1.807, 2.05) is 13.8 Å². The van der Waals surface area contributed by atoms with Gasteiger partial charge in [-0.05, 0) is 25.4 Å². The zero-order valence-corrected chi connectivity index (χ0v) is 9.06. The number of carbonyl (C=O) groups is 1. The summed E-state index contributed by atoms with van der Waals surface area (Å²) in [5, 5.41) is -0.532. The van der Waals surface area contributed by atoms with Crippen LogP contribution in [0, 0.1) is 0 Å². The number of hydrogen-bond acceptors (Lipinski definition) is 5. The molecule has 0 aromatic heterocycles. The average molecular weight is 235 g/mol. The van der Waals surface area contributed by atoms with E-state index in [0.29, 0.717) is 0 Å². The molecule has 0 spiro atoms. The van der Waals surface area contributed by atoms with Crippen LogP contribution in [0.5, 0.6) is 0 Å². The highest BCUT2D eigenvalue weighted by Gasteiger charge is 2.64. The molecule has 3 unspecified atom stereocenters. The third-order valence-electron chi connectivity index (χ3n) is 2.85. The molecule has 0 aromatic rings. The number of fused-ring (bicyclic) bond motifs is 3. The molecule has 3 aliphatic heterocycles. The third kappa shape index (κ3) is 1.34. The highest BCUT2D eigenvalue weighted by atomic mass is 35.5. The van der Waals surface area contributed by atoms with Crippen molar-refractivity contribution in [2.45, 2.75) is 50.3 Å². The molecule has 0 saturated carbocycles. The molecule has 6 heteroatoms. The summed E-state index contributed by atoms with van der Waals surface area (Å²) in [4.78, 5) is 10.9. The van der Waals surface area contributed by atoms with E-state index in [-0.39, 0.29) is 18.3 Å². The van der Waals surface area contributed by atoms with Crippen LogP contribution in [0.4, 0.5) is 0 Å². The number of ether oxygens (including phenoxy) is 4. The summed E-state index contributed by atoms with van der Waals surface area (Å²) >= 11 is 5.33. The quantitative estimate of drug-likeness (QED) is 0.615. The van der Waals surface area contributed by atoms with Crippen molar-refractivity contribution in [3.05, 3.63) is 0 Å². The summed E-state index contributed by atoms with van der Waals surface area (Å²) in [5.74, 6) is -0.653. The number of rotatable bonds is 1. The first-order valence-electron chi connectivity index (χ1n) is 4.84. The Bertz CT molecular complexity index is 318. The first-order valence-corrected chi connectivity index (χ1v) is 5.22. The predicted molar refractivity (Wildman–Crippen MR) is 48.2 cm³/mol. The minimum atomic E-state index is -0.669. The van der Waals surface area contributed by atoms with Gasteiger partial charge in [0.2, 0.25) is 0 Å². The van der Waals surface area contributed by atoms with Gasteiger partial charge in [-0.25, -0.2) is 0 Å². The lowest BCUT2D eigenvalue weighted by Gasteiger charge is -2.38. The van der Waals surface area contributed by atoms with E-state index in [4.69, 9.17) is 30.5 Å². The van der Waals surface area contributed by atoms with Crippen LogP contribution in [0.3, 0.4) is 0 Å². The van der Waals surface area contributed by atoms with E-state index in [2.05, 4.69) is 0 Å². The molecule has 0 aliphatic carbocycles. The second-order valence-corrected chi connectivity index (χ2v) is 4.77. The maximum atomic E-state index is 10.9. The van der Waals surface area contributed by atoms with Crippen LogP contribution in [0.25, 0.3) is 0 Å². The summed E-state index contributed by atoms with van der Waals surface area (Å²) in [7, 11) is 0. The monoisotopic (exact) mass is 234 g/mol. The van der Waals surface area contributed by atoms with Crippen LogP contribution >= 0.6 is 11.6 Å². The van der Waals surface area contributed by atoms with Gasteiger partial charge in [-0.2, -0.15) is 0 Å². The van der Waals surface area contributed by atoms with Gasteiger partial charge in [0.1, 0.15) is 18.3 Å². The number of halogens is 1. The molecule has 3 fully saturated rings. The van der Waals surface area contributed by atoms with Crippen LogP contribution in [0.1, 0.15) is 13.8 Å². The van der Waals surface area contributed by atoms with Crippen molar-refractivity contribution < 1.29 is 23.7 Å². The Labute approximate surface area is 91.6 Å². The fourth-order valence-electron chi connectivity index (χ4n) is 2.24. The van der Waals surface area contributed by atoms with Gasteiger partial charge in [-0.1, -0.05) is 0 Å². The Balaban J connectivity index is 1.73. The Morgan fingerprint density at radius 2 is 1.87 bits per heavy atom. The second-order valence-electron chi connectivity index (χ2n) is 4.39. The molecule has 0 bridgehead atoms. The molecule has 3 saturated heterocycles. The molecule has 0 aromatic carbocycles. The van der Waals surface area contributed by atoms with Crippen LogP contribution in [0.15, 0.2) is 0 Å². The maximum Gasteiger partial charge on any atom is 0.253 e. The van der Waals surface area contributed by atoms with Gasteiger partial charge in [0.25, 0.3) is 5.24 Å². The van der Waals surface area contributed by atoms with Crippen molar-refractivity contribution in [1.82, 2.24) is 0 Å². The van der Waals surface area contributed by atoms with Crippen LogP contribution in [-0.4, -0.2) is 41.7 Å². The van der Waals surface area contributed by atoms with Gasteiger partial charge in [0.05, 0.1) is 0 Å². The van der Waals surface area contributed by atoms with E-state index in [1.54, 1.807) is 0 Å². The van der Waals surface area contributed by atoms with Gasteiger partial charge in [0, 0.05) is 0 Å². The van der Waals surface area contributed by atoms with Gasteiger partial charge < -0.3 is 18.9 Å². The van der Waals surface area contributed by atoms with Gasteiger partial charge in [0.15, 0.2) is 18.2 Å². The molecule has 5 atom stereocenters. The van der Waals surface area contributed by atoms with Crippen LogP contribution in [0.2, 0.25) is 0 Å². The Kier molecular flexibility index (Phi) is 1.95. The molecule has 0 N–H and O–H groups in total. The molecule has 15 heavy (non-hydrogen) atoms. The molecule has 84 valence electrons. The first kappa shape index (κ1) is 9.99. The maximum absolute atomic E-state index is 10.9. The van der Waals surface area contributed by atoms with Crippen LogP contribution in [-0.2, 0) is 23.7 Å². The van der Waals surface area contributed by atoms with Crippen molar-refractivity contribution in [2.75, 3.05) is 0 Å². The van der Waals surface area contributed by atoms with Crippen molar-refractivity contribution in [2.24, 2.45) is 0 Å². The summed E-state index contributed by atoms with van der Waals surface area (Å²) in [6.45, 7) is 3.62. The number of carbonyl (C=O) groups excluding carboxylic acids is 1. The lowest BCUT2D eigenvalue weighted by molar-refractivity contribution is -0.271. The third-order valence-corrected chi connectivity index (χ3v) is 3.07. The number of hydrogen-bond donors (Lipinski definition) is 0. The smallest absolute Gasteiger partial charge is 0.253 e. The van der Waals surface area contributed by atoms with E-state index in [0.717, 1.165) is 0 Å². The van der Waals surface area contributed by atoms with Crippen molar-refractivity contribution in [1.29, 1.82) is 0 Å². The lowest BCUT2D eigenvalue weighted by Crippen LogP contribution is -2.58. The van der Waals surface area contributed by atoms with E-state index in [9.17, 15) is 4.79 Å². The molecule has 0 amide bonds. The Morgan fingerprint density at radius 1 is 1.13 bits per heavy atom. The first-order chi connectivity index (χ1) is 6.98. The largest absolute Gasteiger partial charge is 0.357 e. The van der Waals surface area contributed by atoms with Crippen molar-refractivity contribution >= 4 is 16.8 Å². The molecule has 0 radical (unpaired) electrons. The second kappa shape index (κ2) is 2.93. The highest BCUT2D eigenvalue weighted by molar-refractivity contribution is 6.64. The zero-order chi connectivity index (χ0) is 10.8. The van der Waals surface area contributed by atoms with E-state index in [1.165, 1.54) is 0 Å². The topological polar surface area (TPSA) is 54.0 Å². The minimum Gasteiger partial charge on any atom is -0.357 e. The molecule has 5 nitrogen and oxygen atoms in total. The Morgan fingerprint density at radius 3 is 2.53 bits per heavy atom. The molecular weight excluding hydrogens is 224 g/mol. The summed E-state index contributed by atoms with van der Waals surface area (Å²) in [6, 6.07) is 0. The molecule has 3 rings (SSSR count). The molecular formula is C9H11ClO5. The van der Waals surface area contributed by atoms with E-state index < -0.39 is 23.4 Å². The standard InChI is InChI=1S/C9H11ClO5/c1-9(2)14-6-4-3(13-8(6)15-9)5(12-4)7(10)11/h3-6,8H,1-2H3/t3?,4?,5?,6-,8-/m1/s1. The van der Waals surface area contributed by atoms with Crippen molar-refractivity contribution in [3.8, 4) is 0 Å². The Hall–Kier alpha value is -0.200. The fraction of sp³-hybridized carbons (Fsp3) is 0.889. The normalized spacial score (nSPS) is 50.7. The highest BCUT2D eigenvalue weighted by Crippen LogP contribution is 2.45. The van der Waals surface area contributed by atoms with Gasteiger partial charge in [-0.3, -0.25) is 4.79 Å². The summed E-state index contributed by atoms with van der Waals surface area (Å²) < 4.78 is 21.9. The minimum absolute atomic E-state index is 0.232. The summed E-state index contributed by atoms with van der Waals surface area (Å²) in [5.41, 5.74) is 0. The molecule has 3 heterocycles. The van der Waals surface area contributed by atoms with Gasteiger partial charge >= 0.3 is 0 Å². The molecule has 3 aliphatic rings. The lowest BCUT2D eigenvalue weighted by atomic mass is 10.00.